The molecule has 0 aliphatic rings. The zero-order chi connectivity index (χ0) is 13.4. The van der Waals surface area contributed by atoms with Gasteiger partial charge in [-0.25, -0.2) is 0 Å². The van der Waals surface area contributed by atoms with Crippen LogP contribution in [0, 0.1) is 0 Å². The normalized spacial score (nSPS) is 13.9. The van der Waals surface area contributed by atoms with Gasteiger partial charge in [0, 0.05) is 6.04 Å². The number of hydrogen-bond acceptors (Lipinski definition) is 3. The van der Waals surface area contributed by atoms with Gasteiger partial charge in [0.25, 0.3) is 0 Å². The van der Waals surface area contributed by atoms with E-state index in [2.05, 4.69) is 17.4 Å². The molecule has 5 N–H and O–H groups in total. The summed E-state index contributed by atoms with van der Waals surface area (Å²) in [7, 11) is 0. The third kappa shape index (κ3) is 5.29. The third-order valence-electron chi connectivity index (χ3n) is 2.83. The summed E-state index contributed by atoms with van der Waals surface area (Å²) >= 11 is 0. The molecule has 0 aromatic heterocycles. The molecule has 0 aliphatic heterocycles. The molecule has 1 aromatic carbocycles. The Morgan fingerprint density at radius 3 is 2.61 bits per heavy atom. The van der Waals surface area contributed by atoms with E-state index in [1.54, 1.807) is 0 Å². The second kappa shape index (κ2) is 7.84. The summed E-state index contributed by atoms with van der Waals surface area (Å²) in [6.07, 6.45) is 2.23. The topological polar surface area (TPSA) is 81.1 Å². The fourth-order valence-corrected chi connectivity index (χ4v) is 1.84. The minimum Gasteiger partial charge on any atom is -0.352 e. The first kappa shape index (κ1) is 14.7. The second-order valence-electron chi connectivity index (χ2n) is 4.64. The fourth-order valence-electron chi connectivity index (χ4n) is 1.84. The second-order valence-corrected chi connectivity index (χ2v) is 4.64. The highest BCUT2D eigenvalue weighted by molar-refractivity contribution is 5.81. The highest BCUT2D eigenvalue weighted by Gasteiger charge is 2.15. The van der Waals surface area contributed by atoms with Crippen molar-refractivity contribution < 1.29 is 4.79 Å². The van der Waals surface area contributed by atoms with Crippen LogP contribution in [0.2, 0.25) is 0 Å². The van der Waals surface area contributed by atoms with Crippen LogP contribution in [-0.2, 0) is 11.2 Å². The molecule has 0 heterocycles. The Kier molecular flexibility index (Phi) is 6.39. The molecule has 1 amide bonds. The van der Waals surface area contributed by atoms with Crippen molar-refractivity contribution in [3.63, 3.8) is 0 Å². The van der Waals surface area contributed by atoms with Crippen LogP contribution in [0.25, 0.3) is 0 Å². The van der Waals surface area contributed by atoms with E-state index < -0.39 is 6.04 Å². The van der Waals surface area contributed by atoms with E-state index in [0.717, 1.165) is 12.8 Å². The quantitative estimate of drug-likeness (QED) is 0.668. The minimum absolute atomic E-state index is 0.0869. The van der Waals surface area contributed by atoms with E-state index in [-0.39, 0.29) is 11.9 Å². The maximum Gasteiger partial charge on any atom is 0.237 e. The average molecular weight is 249 g/mol. The Hall–Kier alpha value is -1.39. The van der Waals surface area contributed by atoms with Gasteiger partial charge < -0.3 is 16.8 Å². The van der Waals surface area contributed by atoms with Crippen molar-refractivity contribution in [1.29, 1.82) is 0 Å². The van der Waals surface area contributed by atoms with E-state index in [1.807, 2.05) is 25.1 Å². The number of nitrogens with two attached hydrogens (primary N) is 2. The van der Waals surface area contributed by atoms with Crippen molar-refractivity contribution in [1.82, 2.24) is 5.32 Å². The summed E-state index contributed by atoms with van der Waals surface area (Å²) < 4.78 is 0. The third-order valence-corrected chi connectivity index (χ3v) is 2.83. The molecule has 2 atom stereocenters. The molecule has 0 aliphatic carbocycles. The van der Waals surface area contributed by atoms with E-state index >= 15 is 0 Å². The first-order valence-electron chi connectivity index (χ1n) is 6.43. The first-order chi connectivity index (χ1) is 8.63. The van der Waals surface area contributed by atoms with Crippen LogP contribution in [0.15, 0.2) is 30.3 Å². The zero-order valence-corrected chi connectivity index (χ0v) is 10.9. The van der Waals surface area contributed by atoms with Crippen molar-refractivity contribution in [3.8, 4) is 0 Å². The standard InChI is InChI=1S/C14H23N3O/c1-11(10-12-6-3-2-4-7-12)17-14(18)13(16)8-5-9-15/h2-4,6-7,11,13H,5,8-10,15-16H2,1H3,(H,17,18). The van der Waals surface area contributed by atoms with Gasteiger partial charge in [0.15, 0.2) is 0 Å². The molecule has 4 nitrogen and oxygen atoms in total. The van der Waals surface area contributed by atoms with Crippen molar-refractivity contribution in [2.75, 3.05) is 6.54 Å². The maximum atomic E-state index is 11.8. The van der Waals surface area contributed by atoms with Crippen LogP contribution in [0.4, 0.5) is 0 Å². The molecule has 0 fully saturated rings. The molecular formula is C14H23N3O. The molecule has 1 rings (SSSR count). The molecule has 0 spiro atoms. The minimum atomic E-state index is -0.452. The predicted molar refractivity (Wildman–Crippen MR) is 74.0 cm³/mol. The number of benzene rings is 1. The van der Waals surface area contributed by atoms with Gasteiger partial charge in [-0.1, -0.05) is 30.3 Å². The number of carbonyl (C=O) groups excluding carboxylic acids is 1. The lowest BCUT2D eigenvalue weighted by molar-refractivity contribution is -0.123. The SMILES string of the molecule is CC(Cc1ccccc1)NC(=O)C(N)CCCN. The Bertz CT molecular complexity index is 353. The number of carbonyl (C=O) groups is 1. The molecule has 100 valence electrons. The van der Waals surface area contributed by atoms with Crippen LogP contribution in [-0.4, -0.2) is 24.5 Å². The van der Waals surface area contributed by atoms with Gasteiger partial charge in [0.1, 0.15) is 0 Å². The molecule has 0 saturated heterocycles. The van der Waals surface area contributed by atoms with Crippen LogP contribution in [0.3, 0.4) is 0 Å². The van der Waals surface area contributed by atoms with Gasteiger partial charge in [-0.05, 0) is 38.3 Å². The lowest BCUT2D eigenvalue weighted by Gasteiger charge is -2.17. The molecule has 18 heavy (non-hydrogen) atoms. The zero-order valence-electron chi connectivity index (χ0n) is 10.9. The maximum absolute atomic E-state index is 11.8. The van der Waals surface area contributed by atoms with Gasteiger partial charge in [0.05, 0.1) is 6.04 Å². The highest BCUT2D eigenvalue weighted by Crippen LogP contribution is 2.03. The largest absolute Gasteiger partial charge is 0.352 e. The monoisotopic (exact) mass is 249 g/mol. The number of hydrogen-bond donors (Lipinski definition) is 3. The summed E-state index contributed by atoms with van der Waals surface area (Å²) in [6.45, 7) is 2.56. The summed E-state index contributed by atoms with van der Waals surface area (Å²) in [4.78, 5) is 11.8. The van der Waals surface area contributed by atoms with Crippen LogP contribution in [0.1, 0.15) is 25.3 Å². The molecule has 4 heteroatoms. The van der Waals surface area contributed by atoms with Crippen LogP contribution in [0.5, 0.6) is 0 Å². The van der Waals surface area contributed by atoms with Crippen molar-refractivity contribution >= 4 is 5.91 Å². The molecule has 0 bridgehead atoms. The van der Waals surface area contributed by atoms with Gasteiger partial charge in [-0.15, -0.1) is 0 Å². The molecular weight excluding hydrogens is 226 g/mol. The number of rotatable bonds is 7. The van der Waals surface area contributed by atoms with Gasteiger partial charge in [-0.3, -0.25) is 4.79 Å². The van der Waals surface area contributed by atoms with Crippen molar-refractivity contribution in [2.45, 2.75) is 38.3 Å². The Labute approximate surface area is 109 Å². The van der Waals surface area contributed by atoms with E-state index in [1.165, 1.54) is 5.56 Å². The molecule has 0 saturated carbocycles. The van der Waals surface area contributed by atoms with Crippen LogP contribution < -0.4 is 16.8 Å². The number of amides is 1. The first-order valence-corrected chi connectivity index (χ1v) is 6.43. The van der Waals surface area contributed by atoms with Gasteiger partial charge in [-0.2, -0.15) is 0 Å². The average Bonchev–Trinajstić information content (AvgIpc) is 2.36. The van der Waals surface area contributed by atoms with E-state index in [4.69, 9.17) is 11.5 Å². The van der Waals surface area contributed by atoms with E-state index in [9.17, 15) is 4.79 Å². The van der Waals surface area contributed by atoms with Crippen molar-refractivity contribution in [2.24, 2.45) is 11.5 Å². The number of nitrogens with one attached hydrogen (secondary N) is 1. The molecule has 0 radical (unpaired) electrons. The fraction of sp³-hybridized carbons (Fsp3) is 0.500. The Morgan fingerprint density at radius 1 is 1.33 bits per heavy atom. The summed E-state index contributed by atoms with van der Waals surface area (Å²) in [5.41, 5.74) is 12.4. The summed E-state index contributed by atoms with van der Waals surface area (Å²) in [6, 6.07) is 9.72. The Morgan fingerprint density at radius 2 is 2.00 bits per heavy atom. The highest BCUT2D eigenvalue weighted by atomic mass is 16.2. The van der Waals surface area contributed by atoms with Gasteiger partial charge >= 0.3 is 0 Å². The summed E-state index contributed by atoms with van der Waals surface area (Å²) in [5.74, 6) is -0.0909. The summed E-state index contributed by atoms with van der Waals surface area (Å²) in [5, 5.41) is 2.93. The predicted octanol–water partition coefficient (Wildman–Crippen LogP) is 0.800. The Balaban J connectivity index is 2.35. The molecule has 1 aromatic rings. The van der Waals surface area contributed by atoms with Crippen LogP contribution >= 0.6 is 0 Å². The molecule has 2 unspecified atom stereocenters. The van der Waals surface area contributed by atoms with Crippen molar-refractivity contribution in [3.05, 3.63) is 35.9 Å². The smallest absolute Gasteiger partial charge is 0.237 e. The van der Waals surface area contributed by atoms with E-state index in [0.29, 0.717) is 13.0 Å². The lowest BCUT2D eigenvalue weighted by Crippen LogP contribution is -2.45. The lowest BCUT2D eigenvalue weighted by atomic mass is 10.1. The van der Waals surface area contributed by atoms with Gasteiger partial charge in [0.2, 0.25) is 5.91 Å².